The number of fused-ring (bicyclic) bond motifs is 1. The van der Waals surface area contributed by atoms with Crippen LogP contribution in [0.25, 0.3) is 0 Å². The van der Waals surface area contributed by atoms with Crippen LogP contribution >= 0.6 is 0 Å². The Morgan fingerprint density at radius 1 is 1.12 bits per heavy atom. The zero-order valence-corrected chi connectivity index (χ0v) is 24.9. The lowest BCUT2D eigenvalue weighted by Gasteiger charge is -2.40. The molecule has 8 heteroatoms. The number of hydrogen-bond acceptors (Lipinski definition) is 5. The number of hydrogen-bond donors (Lipinski definition) is 1. The van der Waals surface area contributed by atoms with Crippen molar-refractivity contribution in [1.29, 1.82) is 0 Å². The van der Waals surface area contributed by atoms with Crippen LogP contribution in [0.2, 0.25) is 0 Å². The van der Waals surface area contributed by atoms with Crippen molar-refractivity contribution in [1.82, 2.24) is 14.7 Å². The smallest absolute Gasteiger partial charge is 0.248 e. The average Bonchev–Trinajstić information content (AvgIpc) is 3.60. The van der Waals surface area contributed by atoms with Crippen LogP contribution in [0.4, 0.5) is 0 Å². The van der Waals surface area contributed by atoms with Crippen molar-refractivity contribution >= 4 is 17.7 Å². The quantitative estimate of drug-likeness (QED) is 0.258. The van der Waals surface area contributed by atoms with Gasteiger partial charge in [-0.05, 0) is 30.7 Å². The molecule has 2 unspecified atom stereocenters. The summed E-state index contributed by atoms with van der Waals surface area (Å²) in [6.45, 7) is 15.1. The predicted molar refractivity (Wildman–Crippen MR) is 159 cm³/mol. The highest BCUT2D eigenvalue weighted by Crippen LogP contribution is 2.59. The lowest BCUT2D eigenvalue weighted by atomic mass is 9.70. The molecule has 0 saturated carbocycles. The molecule has 0 aromatic heterocycles. The van der Waals surface area contributed by atoms with Crippen molar-refractivity contribution in [3.05, 3.63) is 61.2 Å². The monoisotopic (exact) mass is 565 g/mol. The van der Waals surface area contributed by atoms with Gasteiger partial charge >= 0.3 is 0 Å². The first-order valence-electron chi connectivity index (χ1n) is 15.2. The van der Waals surface area contributed by atoms with E-state index in [2.05, 4.69) is 20.1 Å². The topological polar surface area (TPSA) is 90.4 Å². The van der Waals surface area contributed by atoms with Gasteiger partial charge in [-0.1, -0.05) is 76.1 Å². The van der Waals surface area contributed by atoms with Crippen LogP contribution in [0.5, 0.6) is 0 Å². The van der Waals surface area contributed by atoms with Gasteiger partial charge in [-0.2, -0.15) is 0 Å². The predicted octanol–water partition coefficient (Wildman–Crippen LogP) is 3.80. The summed E-state index contributed by atoms with van der Waals surface area (Å²) in [4.78, 5) is 48.2. The fourth-order valence-electron chi connectivity index (χ4n) is 7.21. The highest BCUT2D eigenvalue weighted by molar-refractivity contribution is 5.99. The van der Waals surface area contributed by atoms with Crippen molar-refractivity contribution in [2.75, 3.05) is 26.2 Å². The molecule has 1 N–H and O–H groups in total. The number of aliphatic hydroxyl groups is 1. The second-order valence-electron chi connectivity index (χ2n) is 12.1. The van der Waals surface area contributed by atoms with Crippen molar-refractivity contribution < 1.29 is 24.2 Å². The Balaban J connectivity index is 1.73. The minimum absolute atomic E-state index is 0.0934. The molecule has 1 aromatic rings. The van der Waals surface area contributed by atoms with E-state index in [9.17, 15) is 19.5 Å². The number of likely N-dealkylation sites (tertiary alicyclic amines) is 1. The van der Waals surface area contributed by atoms with E-state index in [4.69, 9.17) is 4.74 Å². The summed E-state index contributed by atoms with van der Waals surface area (Å²) in [5.74, 6) is -2.16. The van der Waals surface area contributed by atoms with Gasteiger partial charge < -0.3 is 24.5 Å². The molecule has 8 nitrogen and oxygen atoms in total. The lowest BCUT2D eigenvalue weighted by Crippen LogP contribution is -2.59. The fourth-order valence-corrected chi connectivity index (χ4v) is 7.21. The Bertz CT molecular complexity index is 1110. The molecule has 0 aliphatic carbocycles. The van der Waals surface area contributed by atoms with Crippen LogP contribution in [-0.2, 0) is 25.7 Å². The van der Waals surface area contributed by atoms with Crippen LogP contribution in [0, 0.1) is 17.8 Å². The number of amides is 3. The first-order valence-corrected chi connectivity index (χ1v) is 15.2. The molecule has 3 amide bonds. The first-order chi connectivity index (χ1) is 19.7. The molecule has 1 aromatic carbocycles. The third kappa shape index (κ3) is 5.73. The maximum absolute atomic E-state index is 14.4. The van der Waals surface area contributed by atoms with Gasteiger partial charge in [-0.3, -0.25) is 14.4 Å². The van der Waals surface area contributed by atoms with E-state index in [1.165, 1.54) is 0 Å². The van der Waals surface area contributed by atoms with Gasteiger partial charge in [-0.25, -0.2) is 0 Å². The largest absolute Gasteiger partial charge is 0.394 e. The molecule has 3 aliphatic heterocycles. The second kappa shape index (κ2) is 13.3. The van der Waals surface area contributed by atoms with Gasteiger partial charge in [0.05, 0.1) is 30.6 Å². The van der Waals surface area contributed by atoms with Crippen LogP contribution in [-0.4, -0.2) is 87.6 Å². The molecule has 1 spiro atoms. The van der Waals surface area contributed by atoms with E-state index >= 15 is 0 Å². The average molecular weight is 566 g/mol. The zero-order valence-electron chi connectivity index (χ0n) is 24.9. The maximum atomic E-state index is 14.4. The summed E-state index contributed by atoms with van der Waals surface area (Å²) in [5.41, 5.74) is -0.112. The molecule has 0 radical (unpaired) electrons. The van der Waals surface area contributed by atoms with E-state index in [-0.39, 0.29) is 30.2 Å². The number of benzene rings is 1. The highest BCUT2D eigenvalue weighted by atomic mass is 16.5. The molecule has 224 valence electrons. The Labute approximate surface area is 245 Å². The molecule has 41 heavy (non-hydrogen) atoms. The molecule has 3 aliphatic rings. The normalized spacial score (nSPS) is 27.1. The van der Waals surface area contributed by atoms with E-state index in [0.29, 0.717) is 39.0 Å². The highest BCUT2D eigenvalue weighted by Gasteiger charge is 2.75. The van der Waals surface area contributed by atoms with Crippen LogP contribution < -0.4 is 0 Å². The molecule has 3 fully saturated rings. The van der Waals surface area contributed by atoms with E-state index in [1.54, 1.807) is 26.9 Å². The third-order valence-electron chi connectivity index (χ3n) is 9.14. The van der Waals surface area contributed by atoms with Gasteiger partial charge in [0, 0.05) is 26.2 Å². The Hall–Kier alpha value is -2.97. The first kappa shape index (κ1) is 31.0. The van der Waals surface area contributed by atoms with Crippen molar-refractivity contribution in [3.63, 3.8) is 0 Å². The van der Waals surface area contributed by atoms with Crippen molar-refractivity contribution in [2.45, 2.75) is 83.2 Å². The number of nitrogens with zero attached hydrogens (tertiary/aromatic N) is 3. The lowest BCUT2D eigenvalue weighted by molar-refractivity contribution is -0.153. The second-order valence-corrected chi connectivity index (χ2v) is 12.1. The van der Waals surface area contributed by atoms with Crippen LogP contribution in [0.15, 0.2) is 55.6 Å². The minimum Gasteiger partial charge on any atom is -0.394 e. The summed E-state index contributed by atoms with van der Waals surface area (Å²) in [6.07, 6.45) is 6.97. The number of carbonyl (C=O) groups is 3. The van der Waals surface area contributed by atoms with Gasteiger partial charge in [0.2, 0.25) is 17.7 Å². The number of carbonyl (C=O) groups excluding carboxylic acids is 3. The fraction of sp³-hybridized carbons (Fsp3) is 0.606. The summed E-state index contributed by atoms with van der Waals surface area (Å²) >= 11 is 0. The number of ether oxygens (including phenoxy) is 1. The number of rotatable bonds is 15. The van der Waals surface area contributed by atoms with Crippen molar-refractivity contribution in [3.8, 4) is 0 Å². The van der Waals surface area contributed by atoms with Gasteiger partial charge in [-0.15, -0.1) is 13.2 Å². The summed E-state index contributed by atoms with van der Waals surface area (Å²) in [5, 5.41) is 10.5. The van der Waals surface area contributed by atoms with Crippen LogP contribution in [0.1, 0.15) is 58.4 Å². The summed E-state index contributed by atoms with van der Waals surface area (Å²) in [6, 6.07) is 8.29. The van der Waals surface area contributed by atoms with E-state index in [0.717, 1.165) is 24.8 Å². The molecule has 3 heterocycles. The third-order valence-corrected chi connectivity index (χ3v) is 9.14. The Kier molecular flexibility index (Phi) is 10.1. The Morgan fingerprint density at radius 3 is 2.41 bits per heavy atom. The Morgan fingerprint density at radius 2 is 1.80 bits per heavy atom. The minimum atomic E-state index is -1.10. The standard InChI is InChI=1S/C33H47N3O5/c1-6-9-13-20-34(18-7-2)32(40)29-33-17-16-26(41-33)27(28(33)31(39)36(29)25(22-37)23(4)5)30(38)35(19-8-3)21-24-14-11-10-12-15-24/h7-8,10-12,14-15,23,25-29,37H,2-3,6,9,13,16-22H2,1,4-5H3/t25-,26+,27-,28-,29?,33?/m0/s1. The summed E-state index contributed by atoms with van der Waals surface area (Å²) in [7, 11) is 0. The van der Waals surface area contributed by atoms with Gasteiger partial charge in [0.1, 0.15) is 11.6 Å². The molecular formula is C33H47N3O5. The van der Waals surface area contributed by atoms with E-state index in [1.807, 2.05) is 44.2 Å². The number of aliphatic hydroxyl groups excluding tert-OH is 1. The van der Waals surface area contributed by atoms with Gasteiger partial charge in [0.25, 0.3) is 0 Å². The SMILES string of the molecule is C=CCN(CCCCC)C(=O)C1N([C@@H](CO)C(C)C)C(=O)[C@@H]2[C@@H](C(=O)N(CC=C)Cc3ccccc3)[C@H]3CCC12O3. The molecule has 2 bridgehead atoms. The summed E-state index contributed by atoms with van der Waals surface area (Å²) < 4.78 is 6.67. The molecule has 6 atom stereocenters. The zero-order chi connectivity index (χ0) is 29.7. The van der Waals surface area contributed by atoms with E-state index < -0.39 is 35.6 Å². The van der Waals surface area contributed by atoms with Gasteiger partial charge in [0.15, 0.2) is 0 Å². The van der Waals surface area contributed by atoms with Crippen molar-refractivity contribution in [2.24, 2.45) is 17.8 Å². The molecule has 4 rings (SSSR count). The molecule has 3 saturated heterocycles. The maximum Gasteiger partial charge on any atom is 0.248 e. The van der Waals surface area contributed by atoms with Crippen LogP contribution in [0.3, 0.4) is 0 Å². The molecular weight excluding hydrogens is 518 g/mol. The number of unbranched alkanes of at least 4 members (excludes halogenated alkanes) is 2.